The fourth-order valence-corrected chi connectivity index (χ4v) is 5.48. The predicted octanol–water partition coefficient (Wildman–Crippen LogP) is 4.71. The van der Waals surface area contributed by atoms with Crippen LogP contribution in [0.4, 0.5) is 34.5 Å². The van der Waals surface area contributed by atoms with Crippen LogP contribution in [0.3, 0.4) is 0 Å². The van der Waals surface area contributed by atoms with Gasteiger partial charge in [0, 0.05) is 45.0 Å². The van der Waals surface area contributed by atoms with Crippen molar-refractivity contribution < 1.29 is 19.1 Å². The maximum Gasteiger partial charge on any atom is 0.294 e. The summed E-state index contributed by atoms with van der Waals surface area (Å²) in [6, 6.07) is 12.3. The number of hydrogen-bond acceptors (Lipinski definition) is 10. The second-order valence-electron chi connectivity index (χ2n) is 11.4. The van der Waals surface area contributed by atoms with Crippen LogP contribution in [0.2, 0.25) is 5.02 Å². The Morgan fingerprint density at radius 2 is 1.72 bits per heavy atom. The van der Waals surface area contributed by atoms with Gasteiger partial charge in [-0.25, -0.2) is 4.98 Å². The lowest BCUT2D eigenvalue weighted by atomic mass is 10.1. The Morgan fingerprint density at radius 1 is 0.978 bits per heavy atom. The molecule has 2 saturated heterocycles. The molecule has 3 heterocycles. The number of halogens is 1. The van der Waals surface area contributed by atoms with E-state index < -0.39 is 11.7 Å². The topological polar surface area (TPSA) is 132 Å². The van der Waals surface area contributed by atoms with E-state index in [9.17, 15) is 14.4 Å². The normalized spacial score (nSPS) is 15.2. The van der Waals surface area contributed by atoms with Gasteiger partial charge in [-0.2, -0.15) is 4.98 Å². The number of ketones is 1. The monoisotopic (exact) mass is 646 g/mol. The number of Topliss-reactive ketones (excluding diaryl/α,β-unsaturated/α-hetero) is 1. The van der Waals surface area contributed by atoms with Crippen molar-refractivity contribution in [1.82, 2.24) is 19.8 Å². The molecule has 2 aliphatic rings. The van der Waals surface area contributed by atoms with Crippen molar-refractivity contribution in [3.63, 3.8) is 0 Å². The van der Waals surface area contributed by atoms with Gasteiger partial charge in [-0.1, -0.05) is 36.7 Å². The number of piperidine rings is 1. The number of nitrogens with zero attached hydrogens (tertiary/aromatic N) is 5. The van der Waals surface area contributed by atoms with Gasteiger partial charge in [-0.05, 0) is 56.3 Å². The molecule has 13 heteroatoms. The largest absolute Gasteiger partial charge is 0.378 e. The molecular weight excluding hydrogens is 608 g/mol. The fourth-order valence-electron chi connectivity index (χ4n) is 5.34. The summed E-state index contributed by atoms with van der Waals surface area (Å²) in [5, 5.41) is 9.57. The number of carbonyl (C=O) groups excluding carboxylic acids is 3. The maximum absolute atomic E-state index is 13.3. The van der Waals surface area contributed by atoms with Gasteiger partial charge in [-0.15, -0.1) is 0 Å². The Kier molecular flexibility index (Phi) is 10.8. The zero-order chi connectivity index (χ0) is 32.6. The van der Waals surface area contributed by atoms with Gasteiger partial charge < -0.3 is 30.5 Å². The summed E-state index contributed by atoms with van der Waals surface area (Å²) in [6.07, 6.45) is 4.92. The van der Waals surface area contributed by atoms with Crippen LogP contribution in [-0.2, 0) is 14.3 Å². The Labute approximate surface area is 273 Å². The highest BCUT2D eigenvalue weighted by Crippen LogP contribution is 2.32. The maximum atomic E-state index is 13.3. The first kappa shape index (κ1) is 32.9. The summed E-state index contributed by atoms with van der Waals surface area (Å²) >= 11 is 6.43. The third kappa shape index (κ3) is 8.19. The molecule has 2 aliphatic heterocycles. The number of nitrogens with one attached hydrogen (secondary N) is 3. The van der Waals surface area contributed by atoms with Crippen molar-refractivity contribution >= 4 is 63.7 Å². The second kappa shape index (κ2) is 15.2. The van der Waals surface area contributed by atoms with Crippen molar-refractivity contribution in [2.45, 2.75) is 19.3 Å². The second-order valence-corrected chi connectivity index (χ2v) is 11.8. The zero-order valence-electron chi connectivity index (χ0n) is 26.1. The molecule has 0 bridgehead atoms. The number of hydrogen-bond donors (Lipinski definition) is 3. The highest BCUT2D eigenvalue weighted by atomic mass is 35.5. The highest BCUT2D eigenvalue weighted by molar-refractivity contribution is 6.43. The number of para-hydroxylation sites is 1. The van der Waals surface area contributed by atoms with E-state index in [1.54, 1.807) is 24.3 Å². The van der Waals surface area contributed by atoms with E-state index in [-0.39, 0.29) is 28.3 Å². The Morgan fingerprint density at radius 3 is 2.46 bits per heavy atom. The van der Waals surface area contributed by atoms with Crippen LogP contribution < -0.4 is 20.9 Å². The van der Waals surface area contributed by atoms with Gasteiger partial charge >= 0.3 is 0 Å². The SMILES string of the molecule is C=C(CN1CCCCC1)C(=O)Nc1cc(Nc2ncc(Cl)c(Nc3ccccc3C(=O)C(=O)N(C)C)n2)ccc1N1CCOCC1. The summed E-state index contributed by atoms with van der Waals surface area (Å²) in [6.45, 7) is 9.15. The molecule has 0 radical (unpaired) electrons. The van der Waals surface area contributed by atoms with Gasteiger partial charge in [0.1, 0.15) is 5.02 Å². The average molecular weight is 647 g/mol. The molecule has 3 N–H and O–H groups in total. The summed E-state index contributed by atoms with van der Waals surface area (Å²) in [5.41, 5.74) is 3.21. The lowest BCUT2D eigenvalue weighted by Crippen LogP contribution is -2.37. The van der Waals surface area contributed by atoms with Gasteiger partial charge in [0.05, 0.1) is 42.0 Å². The van der Waals surface area contributed by atoms with E-state index in [1.807, 2.05) is 18.2 Å². The average Bonchev–Trinajstić information content (AvgIpc) is 3.06. The number of aromatic nitrogens is 2. The van der Waals surface area contributed by atoms with E-state index in [2.05, 4.69) is 42.3 Å². The van der Waals surface area contributed by atoms with Crippen molar-refractivity contribution in [3.05, 3.63) is 71.4 Å². The molecule has 2 fully saturated rings. The molecule has 0 saturated carbocycles. The first-order chi connectivity index (χ1) is 22.2. The minimum atomic E-state index is -0.662. The molecule has 0 aliphatic carbocycles. The van der Waals surface area contributed by atoms with Crippen LogP contribution in [0.25, 0.3) is 0 Å². The number of carbonyl (C=O) groups is 3. The van der Waals surface area contributed by atoms with E-state index in [1.165, 1.54) is 31.6 Å². The zero-order valence-corrected chi connectivity index (χ0v) is 26.9. The molecule has 12 nitrogen and oxygen atoms in total. The van der Waals surface area contributed by atoms with Crippen molar-refractivity contribution in [2.75, 3.05) is 80.9 Å². The summed E-state index contributed by atoms with van der Waals surface area (Å²) in [7, 11) is 3.04. The minimum Gasteiger partial charge on any atom is -0.378 e. The molecule has 0 spiro atoms. The third-order valence-corrected chi connectivity index (χ3v) is 8.08. The Balaban J connectivity index is 1.36. The van der Waals surface area contributed by atoms with Crippen molar-refractivity contribution in [1.29, 1.82) is 0 Å². The number of rotatable bonds is 11. The van der Waals surface area contributed by atoms with E-state index in [0.29, 0.717) is 55.5 Å². The van der Waals surface area contributed by atoms with Gasteiger partial charge in [0.2, 0.25) is 5.95 Å². The highest BCUT2D eigenvalue weighted by Gasteiger charge is 2.23. The van der Waals surface area contributed by atoms with Gasteiger partial charge in [-0.3, -0.25) is 19.3 Å². The Hall–Kier alpha value is -4.52. The molecule has 46 heavy (non-hydrogen) atoms. The quantitative estimate of drug-likeness (QED) is 0.153. The number of anilines is 6. The van der Waals surface area contributed by atoms with Crippen molar-refractivity contribution in [2.24, 2.45) is 0 Å². The molecule has 5 rings (SSSR count). The third-order valence-electron chi connectivity index (χ3n) is 7.81. The first-order valence-corrected chi connectivity index (χ1v) is 15.7. The number of morpholine rings is 1. The van der Waals surface area contributed by atoms with Crippen LogP contribution in [0.5, 0.6) is 0 Å². The summed E-state index contributed by atoms with van der Waals surface area (Å²) < 4.78 is 5.54. The number of likely N-dealkylation sites (N-methyl/N-ethyl adjacent to an activating group) is 1. The molecule has 3 aromatic rings. The molecule has 2 aromatic carbocycles. The molecule has 0 atom stereocenters. The first-order valence-electron chi connectivity index (χ1n) is 15.3. The standard InChI is InChI=1S/C33H39ClN8O4/c1-22(21-41-13-7-4-8-14-41)31(44)38-27-19-23(11-12-28(27)42-15-17-46-18-16-42)36-33-35-20-25(34)30(39-33)37-26-10-6-5-9-24(26)29(43)32(45)40(2)3/h5-6,9-12,19-20H,1,4,7-8,13-18,21H2,2-3H3,(H,38,44)(H2,35,36,37,39). The van der Waals surface area contributed by atoms with E-state index in [4.69, 9.17) is 16.3 Å². The van der Waals surface area contributed by atoms with Gasteiger partial charge in [0.15, 0.2) is 5.82 Å². The van der Waals surface area contributed by atoms with E-state index >= 15 is 0 Å². The van der Waals surface area contributed by atoms with Crippen LogP contribution >= 0.6 is 11.6 Å². The number of likely N-dealkylation sites (tertiary alicyclic amines) is 1. The fraction of sp³-hybridized carbons (Fsp3) is 0.364. The Bertz CT molecular complexity index is 1600. The van der Waals surface area contributed by atoms with Crippen LogP contribution in [0, 0.1) is 0 Å². The van der Waals surface area contributed by atoms with E-state index in [0.717, 1.165) is 31.6 Å². The number of ether oxygens (including phenoxy) is 1. The van der Waals surface area contributed by atoms with Gasteiger partial charge in [0.25, 0.3) is 17.6 Å². The molecule has 1 aromatic heterocycles. The molecule has 242 valence electrons. The number of amides is 2. The lowest BCUT2D eigenvalue weighted by Gasteiger charge is -2.31. The molecular formula is C33H39ClN8O4. The van der Waals surface area contributed by atoms with Crippen LogP contribution in [-0.4, -0.2) is 97.4 Å². The summed E-state index contributed by atoms with van der Waals surface area (Å²) in [5.74, 6) is -1.07. The minimum absolute atomic E-state index is 0.186. The van der Waals surface area contributed by atoms with Crippen LogP contribution in [0.1, 0.15) is 29.6 Å². The molecule has 2 amide bonds. The van der Waals surface area contributed by atoms with Crippen molar-refractivity contribution in [3.8, 4) is 0 Å². The smallest absolute Gasteiger partial charge is 0.294 e. The lowest BCUT2D eigenvalue weighted by molar-refractivity contribution is -0.124. The predicted molar refractivity (Wildman–Crippen MR) is 181 cm³/mol. The number of benzene rings is 2. The molecule has 0 unspecified atom stereocenters. The summed E-state index contributed by atoms with van der Waals surface area (Å²) in [4.78, 5) is 53.0. The van der Waals surface area contributed by atoms with Crippen LogP contribution in [0.15, 0.2) is 60.8 Å².